The number of rotatable bonds is 3. The van der Waals surface area contributed by atoms with Crippen LogP contribution in [0.5, 0.6) is 0 Å². The molecule has 1 aliphatic rings. The van der Waals surface area contributed by atoms with Crippen molar-refractivity contribution in [2.45, 2.75) is 12.5 Å². The summed E-state index contributed by atoms with van der Waals surface area (Å²) < 4.78 is 39.6. The van der Waals surface area contributed by atoms with Crippen molar-refractivity contribution < 1.29 is 22.8 Å². The monoisotopic (exact) mass is 349 g/mol. The van der Waals surface area contributed by atoms with Crippen molar-refractivity contribution in [1.29, 1.82) is 0 Å². The van der Waals surface area contributed by atoms with Gasteiger partial charge in [0.1, 0.15) is 17.5 Å². The Bertz CT molecular complexity index is 811. The van der Waals surface area contributed by atoms with Crippen LogP contribution in [-0.2, 0) is 4.79 Å². The lowest BCUT2D eigenvalue weighted by molar-refractivity contribution is -0.117. The van der Waals surface area contributed by atoms with Gasteiger partial charge in [-0.15, -0.1) is 0 Å². The molecule has 1 unspecified atom stereocenters. The van der Waals surface area contributed by atoms with E-state index in [1.54, 1.807) is 0 Å². The fourth-order valence-corrected chi connectivity index (χ4v) is 2.61. The van der Waals surface area contributed by atoms with Gasteiger partial charge < -0.3 is 15.5 Å². The van der Waals surface area contributed by atoms with Gasteiger partial charge in [0, 0.05) is 24.7 Å². The highest BCUT2D eigenvalue weighted by molar-refractivity contribution is 5.97. The van der Waals surface area contributed by atoms with Crippen molar-refractivity contribution in [2.75, 3.05) is 16.8 Å². The number of nitrogens with one attached hydrogen (secondary N) is 2. The van der Waals surface area contributed by atoms with Gasteiger partial charge >= 0.3 is 6.03 Å². The number of amides is 3. The van der Waals surface area contributed by atoms with Gasteiger partial charge in [-0.1, -0.05) is 0 Å². The Kier molecular flexibility index (Phi) is 4.60. The first-order valence-electron chi connectivity index (χ1n) is 7.51. The number of nitrogens with zero attached hydrogens (tertiary/aromatic N) is 1. The van der Waals surface area contributed by atoms with Crippen molar-refractivity contribution in [3.8, 4) is 0 Å². The number of benzene rings is 2. The molecular formula is C17H14F3N3O2. The van der Waals surface area contributed by atoms with Crippen LogP contribution >= 0.6 is 0 Å². The molecule has 1 heterocycles. The van der Waals surface area contributed by atoms with Gasteiger partial charge in [-0.2, -0.15) is 0 Å². The molecular weight excluding hydrogens is 335 g/mol. The van der Waals surface area contributed by atoms with Gasteiger partial charge in [0.15, 0.2) is 0 Å². The second kappa shape index (κ2) is 6.84. The highest BCUT2D eigenvalue weighted by Gasteiger charge is 2.31. The number of carbonyl (C=O) groups excluding carboxylic acids is 2. The lowest BCUT2D eigenvalue weighted by atomic mass is 10.2. The van der Waals surface area contributed by atoms with Crippen LogP contribution in [0.25, 0.3) is 0 Å². The molecule has 8 heteroatoms. The van der Waals surface area contributed by atoms with Crippen LogP contribution in [0.2, 0.25) is 0 Å². The smallest absolute Gasteiger partial charge is 0.319 e. The molecule has 1 atom stereocenters. The van der Waals surface area contributed by atoms with Crippen LogP contribution in [0.4, 0.5) is 29.3 Å². The maximum Gasteiger partial charge on any atom is 0.319 e. The Morgan fingerprint density at radius 3 is 2.44 bits per heavy atom. The molecule has 2 aromatic carbocycles. The minimum atomic E-state index is -0.771. The average molecular weight is 349 g/mol. The van der Waals surface area contributed by atoms with Crippen molar-refractivity contribution in [3.05, 3.63) is 59.9 Å². The fourth-order valence-electron chi connectivity index (χ4n) is 2.61. The van der Waals surface area contributed by atoms with Crippen LogP contribution in [0.3, 0.4) is 0 Å². The van der Waals surface area contributed by atoms with Gasteiger partial charge in [0.25, 0.3) is 0 Å². The summed E-state index contributed by atoms with van der Waals surface area (Å²) in [4.78, 5) is 25.4. The first-order valence-corrected chi connectivity index (χ1v) is 7.51. The Morgan fingerprint density at radius 1 is 1.04 bits per heavy atom. The number of urea groups is 1. The number of anilines is 2. The minimum Gasteiger partial charge on any atom is -0.333 e. The molecule has 3 amide bonds. The second-order valence-corrected chi connectivity index (χ2v) is 5.60. The van der Waals surface area contributed by atoms with Crippen molar-refractivity contribution in [1.82, 2.24) is 5.32 Å². The van der Waals surface area contributed by atoms with E-state index in [0.717, 1.165) is 18.2 Å². The summed E-state index contributed by atoms with van der Waals surface area (Å²) in [5, 5.41) is 4.75. The number of halogens is 3. The third kappa shape index (κ3) is 3.90. The molecule has 130 valence electrons. The predicted molar refractivity (Wildman–Crippen MR) is 85.7 cm³/mol. The van der Waals surface area contributed by atoms with Crippen LogP contribution in [0, 0.1) is 17.5 Å². The molecule has 0 aromatic heterocycles. The number of carbonyl (C=O) groups is 2. The largest absolute Gasteiger partial charge is 0.333 e. The molecule has 0 bridgehead atoms. The Balaban J connectivity index is 1.62. The SMILES string of the molecule is O=C(Nc1cc(F)ccc1F)NC1CC(=O)N(c2ccc(F)cc2)C1. The lowest BCUT2D eigenvalue weighted by Crippen LogP contribution is -2.39. The Morgan fingerprint density at radius 2 is 1.72 bits per heavy atom. The zero-order valence-corrected chi connectivity index (χ0v) is 12.9. The lowest BCUT2D eigenvalue weighted by Gasteiger charge is -2.17. The predicted octanol–water partition coefficient (Wildman–Crippen LogP) is 3.03. The van der Waals surface area contributed by atoms with E-state index < -0.39 is 29.5 Å². The van der Waals surface area contributed by atoms with Gasteiger partial charge in [-0.05, 0) is 36.4 Å². The van der Waals surface area contributed by atoms with Gasteiger partial charge in [-0.3, -0.25) is 4.79 Å². The standard InChI is InChI=1S/C17H14F3N3O2/c18-10-1-4-13(5-2-10)23-9-12(8-16(23)24)21-17(25)22-15-7-11(19)3-6-14(15)20/h1-7,12H,8-9H2,(H2,21,22,25). The molecule has 2 N–H and O–H groups in total. The van der Waals surface area contributed by atoms with Gasteiger partial charge in [0.05, 0.1) is 11.7 Å². The molecule has 5 nitrogen and oxygen atoms in total. The molecule has 0 spiro atoms. The topological polar surface area (TPSA) is 61.4 Å². The third-order valence-corrected chi connectivity index (χ3v) is 3.78. The summed E-state index contributed by atoms with van der Waals surface area (Å²) >= 11 is 0. The van der Waals surface area contributed by atoms with Crippen molar-refractivity contribution >= 4 is 23.3 Å². The summed E-state index contributed by atoms with van der Waals surface area (Å²) in [7, 11) is 0. The molecule has 0 saturated carbocycles. The number of hydrogen-bond acceptors (Lipinski definition) is 2. The average Bonchev–Trinajstić information content (AvgIpc) is 2.92. The summed E-state index contributed by atoms with van der Waals surface area (Å²) in [5.41, 5.74) is 0.226. The second-order valence-electron chi connectivity index (χ2n) is 5.60. The van der Waals surface area contributed by atoms with Gasteiger partial charge in [-0.25, -0.2) is 18.0 Å². The highest BCUT2D eigenvalue weighted by Crippen LogP contribution is 2.22. The van der Waals surface area contributed by atoms with Crippen molar-refractivity contribution in [3.63, 3.8) is 0 Å². The van der Waals surface area contributed by atoms with E-state index in [4.69, 9.17) is 0 Å². The van der Waals surface area contributed by atoms with E-state index in [1.165, 1.54) is 29.2 Å². The minimum absolute atomic E-state index is 0.0520. The van der Waals surface area contributed by atoms with E-state index in [9.17, 15) is 22.8 Å². The normalized spacial score (nSPS) is 16.8. The highest BCUT2D eigenvalue weighted by atomic mass is 19.1. The summed E-state index contributed by atoms with van der Waals surface area (Å²) in [6.07, 6.45) is 0.0520. The van der Waals surface area contributed by atoms with E-state index in [2.05, 4.69) is 10.6 Å². The quantitative estimate of drug-likeness (QED) is 0.895. The number of hydrogen-bond donors (Lipinski definition) is 2. The summed E-state index contributed by atoms with van der Waals surface area (Å²) in [6, 6.07) is 6.87. The fraction of sp³-hybridized carbons (Fsp3) is 0.176. The van der Waals surface area contributed by atoms with E-state index >= 15 is 0 Å². The molecule has 25 heavy (non-hydrogen) atoms. The molecule has 1 fully saturated rings. The van der Waals surface area contributed by atoms with Gasteiger partial charge in [0.2, 0.25) is 5.91 Å². The van der Waals surface area contributed by atoms with E-state index in [0.29, 0.717) is 5.69 Å². The first-order chi connectivity index (χ1) is 11.9. The molecule has 1 saturated heterocycles. The molecule has 2 aromatic rings. The van der Waals surface area contributed by atoms with Crippen LogP contribution in [0.15, 0.2) is 42.5 Å². The summed E-state index contributed by atoms with van der Waals surface area (Å²) in [6.45, 7) is 0.198. The molecule has 3 rings (SSSR count). The maximum absolute atomic E-state index is 13.5. The molecule has 1 aliphatic heterocycles. The zero-order chi connectivity index (χ0) is 18.0. The van der Waals surface area contributed by atoms with E-state index in [1.807, 2.05) is 0 Å². The zero-order valence-electron chi connectivity index (χ0n) is 12.9. The van der Waals surface area contributed by atoms with Crippen molar-refractivity contribution in [2.24, 2.45) is 0 Å². The van der Waals surface area contributed by atoms with Crippen LogP contribution < -0.4 is 15.5 Å². The first kappa shape index (κ1) is 16.8. The summed E-state index contributed by atoms with van der Waals surface area (Å²) in [5.74, 6) is -2.10. The third-order valence-electron chi connectivity index (χ3n) is 3.78. The Hall–Kier alpha value is -3.03. The Labute approximate surface area is 141 Å². The van der Waals surface area contributed by atoms with E-state index in [-0.39, 0.29) is 24.6 Å². The van der Waals surface area contributed by atoms with Crippen LogP contribution in [-0.4, -0.2) is 24.5 Å². The molecule has 0 aliphatic carbocycles. The maximum atomic E-state index is 13.5. The molecule has 0 radical (unpaired) electrons. The van der Waals surface area contributed by atoms with Crippen LogP contribution in [0.1, 0.15) is 6.42 Å².